The molecule has 0 saturated heterocycles. The molecule has 0 aliphatic heterocycles. The quantitative estimate of drug-likeness (QED) is 0.710. The van der Waals surface area contributed by atoms with Crippen LogP contribution < -0.4 is 5.43 Å². The topological polar surface area (TPSA) is 48.3 Å². The first-order chi connectivity index (χ1) is 14.0. The second-order valence-corrected chi connectivity index (χ2v) is 7.00. The van der Waals surface area contributed by atoms with Crippen molar-refractivity contribution in [1.82, 2.24) is 4.57 Å². The molecule has 1 aromatic heterocycles. The molecule has 0 fully saturated rings. The maximum atomic E-state index is 14.4. The number of benzene rings is 1. The fourth-order valence-corrected chi connectivity index (χ4v) is 3.74. The van der Waals surface area contributed by atoms with Crippen molar-refractivity contribution in [2.24, 2.45) is 5.92 Å². The van der Waals surface area contributed by atoms with Gasteiger partial charge in [0, 0.05) is 18.7 Å². The first kappa shape index (κ1) is 19.1. The van der Waals surface area contributed by atoms with Gasteiger partial charge < -0.3 is 9.30 Å². The standard InChI is InChI=1S/C23H19F2NO3/c1-2-29-23(28)18-13-26(20-5-3-4-19(25)21(20)22(18)27)12-14-6-7-16-11-17(24)9-8-15(16)10-14/h3-6,8-11,13,16H,2,7,12H2,1H3. The van der Waals surface area contributed by atoms with E-state index in [0.29, 0.717) is 18.5 Å². The number of hydrogen-bond acceptors (Lipinski definition) is 3. The zero-order chi connectivity index (χ0) is 20.5. The van der Waals surface area contributed by atoms with Gasteiger partial charge in [0.15, 0.2) is 0 Å². The van der Waals surface area contributed by atoms with E-state index in [1.54, 1.807) is 29.7 Å². The molecule has 2 aliphatic carbocycles. The van der Waals surface area contributed by atoms with Crippen LogP contribution in [0.25, 0.3) is 10.9 Å². The van der Waals surface area contributed by atoms with E-state index in [0.717, 1.165) is 11.1 Å². The number of pyridine rings is 1. The molecule has 0 spiro atoms. The van der Waals surface area contributed by atoms with Crippen LogP contribution in [0.5, 0.6) is 0 Å². The van der Waals surface area contributed by atoms with E-state index >= 15 is 0 Å². The summed E-state index contributed by atoms with van der Waals surface area (Å²) in [5.41, 5.74) is 1.44. The van der Waals surface area contributed by atoms with E-state index in [-0.39, 0.29) is 29.3 Å². The van der Waals surface area contributed by atoms with E-state index in [4.69, 9.17) is 4.74 Å². The van der Waals surface area contributed by atoms with Crippen LogP contribution in [-0.4, -0.2) is 17.1 Å². The maximum Gasteiger partial charge on any atom is 0.343 e. The summed E-state index contributed by atoms with van der Waals surface area (Å²) in [6, 6.07) is 4.37. The SMILES string of the molecule is CCOC(=O)c1cn(CC2=CCC3C=C(F)C=CC3=C2)c2cccc(F)c2c1=O. The molecule has 1 heterocycles. The number of esters is 1. The zero-order valence-electron chi connectivity index (χ0n) is 15.8. The number of carbonyl (C=O) groups is 1. The number of carbonyl (C=O) groups excluding carboxylic acids is 1. The molecule has 0 N–H and O–H groups in total. The monoisotopic (exact) mass is 395 g/mol. The summed E-state index contributed by atoms with van der Waals surface area (Å²) < 4.78 is 34.5. The van der Waals surface area contributed by atoms with Gasteiger partial charge in [-0.15, -0.1) is 0 Å². The smallest absolute Gasteiger partial charge is 0.343 e. The molecule has 0 bridgehead atoms. The molecular weight excluding hydrogens is 376 g/mol. The number of rotatable bonds is 4. The molecule has 4 rings (SSSR count). The lowest BCUT2D eigenvalue weighted by Gasteiger charge is -2.22. The average molecular weight is 395 g/mol. The van der Waals surface area contributed by atoms with Gasteiger partial charge in [0.1, 0.15) is 17.2 Å². The fraction of sp³-hybridized carbons (Fsp3) is 0.217. The van der Waals surface area contributed by atoms with Crippen LogP contribution in [0.4, 0.5) is 8.78 Å². The second-order valence-electron chi connectivity index (χ2n) is 7.00. The Morgan fingerprint density at radius 3 is 2.90 bits per heavy atom. The predicted octanol–water partition coefficient (Wildman–Crippen LogP) is 4.61. The lowest BCUT2D eigenvalue weighted by atomic mass is 9.85. The molecule has 0 radical (unpaired) electrons. The van der Waals surface area contributed by atoms with E-state index in [2.05, 4.69) is 0 Å². The highest BCUT2D eigenvalue weighted by atomic mass is 19.1. The number of nitrogens with zero attached hydrogens (tertiary/aromatic N) is 1. The van der Waals surface area contributed by atoms with Crippen LogP contribution in [0, 0.1) is 11.7 Å². The number of ether oxygens (including phenoxy) is 1. The number of allylic oxidation sites excluding steroid dienone is 8. The minimum Gasteiger partial charge on any atom is -0.462 e. The highest BCUT2D eigenvalue weighted by Gasteiger charge is 2.21. The van der Waals surface area contributed by atoms with Crippen molar-refractivity contribution in [1.29, 1.82) is 0 Å². The molecule has 0 amide bonds. The first-order valence-corrected chi connectivity index (χ1v) is 9.42. The Kier molecular flexibility index (Phi) is 5.01. The summed E-state index contributed by atoms with van der Waals surface area (Å²) in [6.45, 7) is 2.09. The van der Waals surface area contributed by atoms with Gasteiger partial charge in [0.2, 0.25) is 5.43 Å². The van der Waals surface area contributed by atoms with Gasteiger partial charge in [-0.25, -0.2) is 13.6 Å². The summed E-state index contributed by atoms with van der Waals surface area (Å²) in [5, 5.41) is -0.137. The van der Waals surface area contributed by atoms with Gasteiger partial charge in [0.05, 0.1) is 17.5 Å². The first-order valence-electron chi connectivity index (χ1n) is 9.42. The third kappa shape index (κ3) is 3.58. The highest BCUT2D eigenvalue weighted by Crippen LogP contribution is 2.32. The van der Waals surface area contributed by atoms with Crippen molar-refractivity contribution in [2.45, 2.75) is 19.9 Å². The molecule has 6 heteroatoms. The van der Waals surface area contributed by atoms with Crippen LogP contribution >= 0.6 is 0 Å². The van der Waals surface area contributed by atoms with E-state index in [1.807, 2.05) is 12.2 Å². The Bertz CT molecular complexity index is 1180. The van der Waals surface area contributed by atoms with Crippen molar-refractivity contribution in [3.05, 3.63) is 93.4 Å². The van der Waals surface area contributed by atoms with E-state index < -0.39 is 17.2 Å². The third-order valence-corrected chi connectivity index (χ3v) is 5.12. The molecule has 2 aromatic rings. The molecule has 2 aliphatic rings. The Labute approximate surface area is 166 Å². The summed E-state index contributed by atoms with van der Waals surface area (Å²) in [7, 11) is 0. The van der Waals surface area contributed by atoms with E-state index in [9.17, 15) is 18.4 Å². The molecule has 148 valence electrons. The third-order valence-electron chi connectivity index (χ3n) is 5.12. The highest BCUT2D eigenvalue weighted by molar-refractivity contribution is 5.94. The van der Waals surface area contributed by atoms with Crippen molar-refractivity contribution in [2.75, 3.05) is 6.61 Å². The number of aromatic nitrogens is 1. The molecule has 29 heavy (non-hydrogen) atoms. The minimum absolute atomic E-state index is 0.00190. The largest absolute Gasteiger partial charge is 0.462 e. The van der Waals surface area contributed by atoms with Crippen molar-refractivity contribution in [3.8, 4) is 0 Å². The molecular formula is C23H19F2NO3. The van der Waals surface area contributed by atoms with E-state index in [1.165, 1.54) is 24.4 Å². The molecule has 1 aromatic carbocycles. The molecule has 4 nitrogen and oxygen atoms in total. The summed E-state index contributed by atoms with van der Waals surface area (Å²) in [4.78, 5) is 24.9. The van der Waals surface area contributed by atoms with Gasteiger partial charge in [-0.05, 0) is 48.8 Å². The average Bonchev–Trinajstić information content (AvgIpc) is 2.70. The summed E-state index contributed by atoms with van der Waals surface area (Å²) >= 11 is 0. The van der Waals surface area contributed by atoms with Crippen LogP contribution in [0.2, 0.25) is 0 Å². The summed E-state index contributed by atoms with van der Waals surface area (Å²) in [6.07, 6.45) is 10.8. The summed E-state index contributed by atoms with van der Waals surface area (Å²) in [5.74, 6) is -1.70. The Morgan fingerprint density at radius 2 is 2.10 bits per heavy atom. The van der Waals surface area contributed by atoms with Gasteiger partial charge >= 0.3 is 5.97 Å². The lowest BCUT2D eigenvalue weighted by molar-refractivity contribution is 0.0524. The maximum absolute atomic E-state index is 14.4. The van der Waals surface area contributed by atoms with Gasteiger partial charge in [0.25, 0.3) is 0 Å². The van der Waals surface area contributed by atoms with Gasteiger partial charge in [-0.3, -0.25) is 4.79 Å². The predicted molar refractivity (Wildman–Crippen MR) is 107 cm³/mol. The van der Waals surface area contributed by atoms with Crippen LogP contribution in [-0.2, 0) is 11.3 Å². The number of hydrogen-bond donors (Lipinski definition) is 0. The molecule has 1 atom stereocenters. The number of halogens is 2. The van der Waals surface area contributed by atoms with Gasteiger partial charge in [-0.2, -0.15) is 0 Å². The zero-order valence-corrected chi connectivity index (χ0v) is 15.8. The Hall–Kier alpha value is -3.28. The van der Waals surface area contributed by atoms with Crippen LogP contribution in [0.1, 0.15) is 23.7 Å². The van der Waals surface area contributed by atoms with Crippen molar-refractivity contribution >= 4 is 16.9 Å². The van der Waals surface area contributed by atoms with Crippen molar-refractivity contribution < 1.29 is 18.3 Å². The minimum atomic E-state index is -0.775. The van der Waals surface area contributed by atoms with Crippen LogP contribution in [0.15, 0.2) is 76.5 Å². The van der Waals surface area contributed by atoms with Gasteiger partial charge in [-0.1, -0.05) is 24.3 Å². The van der Waals surface area contributed by atoms with Crippen LogP contribution in [0.3, 0.4) is 0 Å². The Balaban J connectivity index is 1.78. The fourth-order valence-electron chi connectivity index (χ4n) is 3.74. The molecule has 1 unspecified atom stereocenters. The Morgan fingerprint density at radius 1 is 1.28 bits per heavy atom. The normalized spacial score (nSPS) is 18.0. The molecule has 0 saturated carbocycles. The van der Waals surface area contributed by atoms with Crippen molar-refractivity contribution in [3.63, 3.8) is 0 Å². The second kappa shape index (κ2) is 7.62. The number of fused-ring (bicyclic) bond motifs is 2. The lowest BCUT2D eigenvalue weighted by Crippen LogP contribution is -2.22.